The summed E-state index contributed by atoms with van der Waals surface area (Å²) in [5, 5.41) is 6.20. The van der Waals surface area contributed by atoms with Crippen LogP contribution in [0.2, 0.25) is 5.02 Å². The SMILES string of the molecule is O=C(Cn1ncc2ccccc2c1=O)N1CCCC(c2ncc(Cc3cccc(Cl)c3)o2)C1. The standard InChI is InChI=1S/C25H23ClN4O3/c26-20-8-3-5-17(11-20)12-21-14-27-24(33-21)19-7-4-10-29(15-19)23(31)16-30-25(32)22-9-2-1-6-18(22)13-28-30/h1-3,5-6,8-9,11,13-14,19H,4,7,10,12,15-16H2. The average molecular weight is 463 g/mol. The molecule has 0 N–H and O–H groups in total. The van der Waals surface area contributed by atoms with Gasteiger partial charge in [0, 0.05) is 29.9 Å². The van der Waals surface area contributed by atoms with Gasteiger partial charge in [0.05, 0.1) is 23.7 Å². The van der Waals surface area contributed by atoms with Crippen LogP contribution in [0.25, 0.3) is 10.8 Å². The molecule has 3 heterocycles. The Morgan fingerprint density at radius 3 is 2.91 bits per heavy atom. The second kappa shape index (κ2) is 9.19. The number of rotatable bonds is 5. The van der Waals surface area contributed by atoms with Crippen LogP contribution in [-0.2, 0) is 17.8 Å². The number of hydrogen-bond donors (Lipinski definition) is 0. The van der Waals surface area contributed by atoms with Gasteiger partial charge < -0.3 is 9.32 Å². The van der Waals surface area contributed by atoms with Crippen molar-refractivity contribution in [2.45, 2.75) is 31.7 Å². The van der Waals surface area contributed by atoms with E-state index < -0.39 is 0 Å². The maximum absolute atomic E-state index is 13.0. The molecular weight excluding hydrogens is 440 g/mol. The number of carbonyl (C=O) groups excluding carboxylic acids is 1. The van der Waals surface area contributed by atoms with Crippen LogP contribution in [-0.4, -0.2) is 38.7 Å². The van der Waals surface area contributed by atoms with Gasteiger partial charge in [0.2, 0.25) is 5.91 Å². The molecule has 2 aromatic heterocycles. The van der Waals surface area contributed by atoms with Crippen molar-refractivity contribution >= 4 is 28.3 Å². The summed E-state index contributed by atoms with van der Waals surface area (Å²) in [5.74, 6) is 1.31. The Bertz CT molecular complexity index is 1360. The first-order chi connectivity index (χ1) is 16.1. The van der Waals surface area contributed by atoms with Crippen molar-refractivity contribution in [1.29, 1.82) is 0 Å². The lowest BCUT2D eigenvalue weighted by Crippen LogP contribution is -2.42. The summed E-state index contributed by atoms with van der Waals surface area (Å²) in [6, 6.07) is 14.9. The van der Waals surface area contributed by atoms with Crippen molar-refractivity contribution in [3.05, 3.63) is 93.5 Å². The van der Waals surface area contributed by atoms with Gasteiger partial charge in [0.15, 0.2) is 5.89 Å². The molecule has 8 heteroatoms. The third kappa shape index (κ3) is 4.68. The number of hydrogen-bond acceptors (Lipinski definition) is 5. The fourth-order valence-electron chi connectivity index (χ4n) is 4.31. The number of nitrogens with zero attached hydrogens (tertiary/aromatic N) is 4. The highest BCUT2D eigenvalue weighted by Crippen LogP contribution is 2.27. The number of likely N-dealkylation sites (tertiary alicyclic amines) is 1. The van der Waals surface area contributed by atoms with Crippen LogP contribution in [0.15, 0.2) is 70.1 Å². The Morgan fingerprint density at radius 2 is 2.03 bits per heavy atom. The van der Waals surface area contributed by atoms with Gasteiger partial charge in [-0.2, -0.15) is 5.10 Å². The highest BCUT2D eigenvalue weighted by molar-refractivity contribution is 6.30. The van der Waals surface area contributed by atoms with Gasteiger partial charge in [0.1, 0.15) is 12.3 Å². The van der Waals surface area contributed by atoms with Crippen LogP contribution >= 0.6 is 11.6 Å². The van der Waals surface area contributed by atoms with Crippen LogP contribution < -0.4 is 5.56 Å². The van der Waals surface area contributed by atoms with E-state index >= 15 is 0 Å². The second-order valence-corrected chi connectivity index (χ2v) is 8.78. The van der Waals surface area contributed by atoms with Crippen molar-refractivity contribution < 1.29 is 9.21 Å². The van der Waals surface area contributed by atoms with Gasteiger partial charge in [-0.15, -0.1) is 0 Å². The fourth-order valence-corrected chi connectivity index (χ4v) is 4.53. The number of oxazole rings is 1. The van der Waals surface area contributed by atoms with Crippen LogP contribution in [0.1, 0.15) is 36.0 Å². The van der Waals surface area contributed by atoms with Gasteiger partial charge >= 0.3 is 0 Å². The molecule has 33 heavy (non-hydrogen) atoms. The molecule has 0 saturated carbocycles. The molecule has 0 bridgehead atoms. The smallest absolute Gasteiger partial charge is 0.275 e. The lowest BCUT2D eigenvalue weighted by molar-refractivity contribution is -0.133. The maximum atomic E-state index is 13.0. The van der Waals surface area contributed by atoms with E-state index in [0.29, 0.717) is 35.8 Å². The molecule has 1 saturated heterocycles. The monoisotopic (exact) mass is 462 g/mol. The maximum Gasteiger partial charge on any atom is 0.275 e. The molecule has 1 amide bonds. The lowest BCUT2D eigenvalue weighted by atomic mass is 9.98. The quantitative estimate of drug-likeness (QED) is 0.447. The predicted molar refractivity (Wildman–Crippen MR) is 125 cm³/mol. The minimum absolute atomic E-state index is 0.0251. The first-order valence-corrected chi connectivity index (χ1v) is 11.4. The van der Waals surface area contributed by atoms with Gasteiger partial charge in [-0.05, 0) is 36.6 Å². The molecule has 2 aromatic carbocycles. The van der Waals surface area contributed by atoms with Crippen molar-refractivity contribution in [2.75, 3.05) is 13.1 Å². The molecule has 1 fully saturated rings. The fraction of sp³-hybridized carbons (Fsp3) is 0.280. The number of amides is 1. The van der Waals surface area contributed by atoms with E-state index in [4.69, 9.17) is 16.0 Å². The number of fused-ring (bicyclic) bond motifs is 1. The average Bonchev–Trinajstić information content (AvgIpc) is 3.29. The summed E-state index contributed by atoms with van der Waals surface area (Å²) in [7, 11) is 0. The first-order valence-electron chi connectivity index (χ1n) is 11.0. The van der Waals surface area contributed by atoms with Crippen LogP contribution in [0, 0.1) is 0 Å². The molecule has 5 rings (SSSR count). The summed E-state index contributed by atoms with van der Waals surface area (Å²) in [5.41, 5.74) is 0.798. The highest BCUT2D eigenvalue weighted by Gasteiger charge is 2.28. The molecule has 1 atom stereocenters. The normalized spacial score (nSPS) is 16.3. The zero-order valence-electron chi connectivity index (χ0n) is 18.0. The number of piperidine rings is 1. The Balaban J connectivity index is 1.26. The topological polar surface area (TPSA) is 81.2 Å². The van der Waals surface area contributed by atoms with Gasteiger partial charge in [-0.25, -0.2) is 9.67 Å². The Morgan fingerprint density at radius 1 is 1.15 bits per heavy atom. The third-order valence-corrected chi connectivity index (χ3v) is 6.24. The highest BCUT2D eigenvalue weighted by atomic mass is 35.5. The summed E-state index contributed by atoms with van der Waals surface area (Å²) >= 11 is 6.07. The summed E-state index contributed by atoms with van der Waals surface area (Å²) in [6.07, 6.45) is 5.73. The van der Waals surface area contributed by atoms with Crippen LogP contribution in [0.3, 0.4) is 0 Å². The van der Waals surface area contributed by atoms with E-state index in [1.807, 2.05) is 42.5 Å². The molecule has 1 aliphatic rings. The van der Waals surface area contributed by atoms with E-state index in [1.165, 1.54) is 4.68 Å². The Labute approximate surface area is 195 Å². The van der Waals surface area contributed by atoms with Crippen molar-refractivity contribution in [3.63, 3.8) is 0 Å². The second-order valence-electron chi connectivity index (χ2n) is 8.35. The number of aromatic nitrogens is 3. The minimum atomic E-state index is -0.256. The molecule has 1 aliphatic heterocycles. The Kier molecular flexibility index (Phi) is 5.96. The molecule has 4 aromatic rings. The molecule has 0 spiro atoms. The van der Waals surface area contributed by atoms with E-state index in [0.717, 1.165) is 29.6 Å². The molecule has 0 radical (unpaired) electrons. The third-order valence-electron chi connectivity index (χ3n) is 6.01. The number of carbonyl (C=O) groups is 1. The zero-order valence-corrected chi connectivity index (χ0v) is 18.7. The van der Waals surface area contributed by atoms with Crippen LogP contribution in [0.4, 0.5) is 0 Å². The Hall–Kier alpha value is -3.45. The summed E-state index contributed by atoms with van der Waals surface area (Å²) < 4.78 is 7.26. The predicted octanol–water partition coefficient (Wildman–Crippen LogP) is 4.03. The van der Waals surface area contributed by atoms with Crippen molar-refractivity contribution in [1.82, 2.24) is 19.7 Å². The van der Waals surface area contributed by atoms with E-state index in [-0.39, 0.29) is 23.9 Å². The van der Waals surface area contributed by atoms with Crippen molar-refractivity contribution in [2.24, 2.45) is 0 Å². The van der Waals surface area contributed by atoms with E-state index in [2.05, 4.69) is 10.1 Å². The molecule has 7 nitrogen and oxygen atoms in total. The molecule has 0 aliphatic carbocycles. The van der Waals surface area contributed by atoms with E-state index in [1.54, 1.807) is 23.4 Å². The molecular formula is C25H23ClN4O3. The lowest BCUT2D eigenvalue weighted by Gasteiger charge is -2.31. The zero-order chi connectivity index (χ0) is 22.8. The summed E-state index contributed by atoms with van der Waals surface area (Å²) in [4.78, 5) is 31.9. The van der Waals surface area contributed by atoms with Gasteiger partial charge in [0.25, 0.3) is 5.56 Å². The first kappa shape index (κ1) is 21.4. The largest absolute Gasteiger partial charge is 0.445 e. The van der Waals surface area contributed by atoms with Crippen LogP contribution in [0.5, 0.6) is 0 Å². The van der Waals surface area contributed by atoms with Gasteiger partial charge in [-0.3, -0.25) is 9.59 Å². The number of halogens is 1. The molecule has 168 valence electrons. The van der Waals surface area contributed by atoms with Gasteiger partial charge in [-0.1, -0.05) is 41.9 Å². The number of benzene rings is 2. The van der Waals surface area contributed by atoms with Crippen molar-refractivity contribution in [3.8, 4) is 0 Å². The molecule has 1 unspecified atom stereocenters. The van der Waals surface area contributed by atoms with E-state index in [9.17, 15) is 9.59 Å². The minimum Gasteiger partial charge on any atom is -0.445 e. The summed E-state index contributed by atoms with van der Waals surface area (Å²) in [6.45, 7) is 1.08.